The van der Waals surface area contributed by atoms with E-state index in [1.54, 1.807) is 24.7 Å². The Labute approximate surface area is 185 Å². The van der Waals surface area contributed by atoms with Gasteiger partial charge in [-0.2, -0.15) is 0 Å². The average Bonchev–Trinajstić information content (AvgIpc) is 3.37. The van der Waals surface area contributed by atoms with Crippen LogP contribution in [-0.2, 0) is 11.3 Å². The first-order chi connectivity index (χ1) is 15.7. The van der Waals surface area contributed by atoms with E-state index in [0.29, 0.717) is 29.6 Å². The van der Waals surface area contributed by atoms with Gasteiger partial charge in [-0.05, 0) is 67.9 Å². The summed E-state index contributed by atoms with van der Waals surface area (Å²) in [5.74, 6) is 0.677. The summed E-state index contributed by atoms with van der Waals surface area (Å²) in [5.41, 5.74) is 2.94. The van der Waals surface area contributed by atoms with Gasteiger partial charge in [0.1, 0.15) is 11.3 Å². The molecule has 5 rings (SSSR count). The van der Waals surface area contributed by atoms with Crippen molar-refractivity contribution in [3.8, 4) is 11.3 Å². The molecule has 0 saturated carbocycles. The molecule has 0 bridgehead atoms. The van der Waals surface area contributed by atoms with Gasteiger partial charge >= 0.3 is 0 Å². The van der Waals surface area contributed by atoms with E-state index >= 15 is 0 Å². The quantitative estimate of drug-likeness (QED) is 0.489. The van der Waals surface area contributed by atoms with Crippen LogP contribution in [0.2, 0.25) is 0 Å². The fourth-order valence-electron chi connectivity index (χ4n) is 4.29. The smallest absolute Gasteiger partial charge is 0.228 e. The Balaban J connectivity index is 1.23. The highest BCUT2D eigenvalue weighted by atomic mass is 16.3. The molecule has 6 heteroatoms. The lowest BCUT2D eigenvalue weighted by molar-refractivity contribution is -0.121. The first-order valence-electron chi connectivity index (χ1n) is 10.8. The monoisotopic (exact) mass is 428 g/mol. The molecule has 1 atom stereocenters. The van der Waals surface area contributed by atoms with E-state index in [1.165, 1.54) is 0 Å². The van der Waals surface area contributed by atoms with Gasteiger partial charge in [-0.1, -0.05) is 12.1 Å². The van der Waals surface area contributed by atoms with Crippen LogP contribution in [-0.4, -0.2) is 23.9 Å². The number of piperidine rings is 1. The van der Waals surface area contributed by atoms with Crippen LogP contribution < -0.4 is 10.7 Å². The summed E-state index contributed by atoms with van der Waals surface area (Å²) < 4.78 is 11.0. The van der Waals surface area contributed by atoms with Gasteiger partial charge in [0.05, 0.1) is 23.8 Å². The van der Waals surface area contributed by atoms with E-state index in [2.05, 4.69) is 10.2 Å². The molecule has 2 aromatic heterocycles. The summed E-state index contributed by atoms with van der Waals surface area (Å²) in [6.45, 7) is 1.95. The summed E-state index contributed by atoms with van der Waals surface area (Å²) >= 11 is 0. The summed E-state index contributed by atoms with van der Waals surface area (Å²) in [7, 11) is 0. The zero-order valence-corrected chi connectivity index (χ0v) is 17.6. The van der Waals surface area contributed by atoms with Crippen molar-refractivity contribution in [3.63, 3.8) is 0 Å². The van der Waals surface area contributed by atoms with Crippen LogP contribution in [0.5, 0.6) is 0 Å². The van der Waals surface area contributed by atoms with E-state index in [-0.39, 0.29) is 17.3 Å². The Morgan fingerprint density at radius 1 is 1.03 bits per heavy atom. The molecular formula is C26H24N2O4. The molecule has 4 aromatic rings. The second kappa shape index (κ2) is 8.85. The zero-order chi connectivity index (χ0) is 21.9. The molecule has 32 heavy (non-hydrogen) atoms. The van der Waals surface area contributed by atoms with Crippen molar-refractivity contribution in [1.82, 2.24) is 4.90 Å². The molecule has 1 N–H and O–H groups in total. The maximum atomic E-state index is 12.9. The van der Waals surface area contributed by atoms with Gasteiger partial charge in [0.25, 0.3) is 0 Å². The lowest BCUT2D eigenvalue weighted by atomic mass is 9.96. The summed E-state index contributed by atoms with van der Waals surface area (Å²) in [6.07, 6.45) is 4.93. The van der Waals surface area contributed by atoms with Gasteiger partial charge < -0.3 is 14.2 Å². The van der Waals surface area contributed by atoms with Crippen molar-refractivity contribution < 1.29 is 13.6 Å². The van der Waals surface area contributed by atoms with Crippen LogP contribution in [0, 0.1) is 5.92 Å². The molecule has 0 spiro atoms. The first kappa shape index (κ1) is 20.3. The van der Waals surface area contributed by atoms with Crippen molar-refractivity contribution in [1.29, 1.82) is 0 Å². The molecule has 1 fully saturated rings. The van der Waals surface area contributed by atoms with Gasteiger partial charge in [-0.25, -0.2) is 0 Å². The third kappa shape index (κ3) is 4.22. The average molecular weight is 428 g/mol. The van der Waals surface area contributed by atoms with Crippen LogP contribution in [0.25, 0.3) is 22.3 Å². The number of rotatable bonds is 5. The number of hydrogen-bond donors (Lipinski definition) is 1. The third-order valence-corrected chi connectivity index (χ3v) is 5.98. The normalized spacial score (nSPS) is 16.8. The minimum absolute atomic E-state index is 0.00456. The summed E-state index contributed by atoms with van der Waals surface area (Å²) in [4.78, 5) is 27.8. The molecular weight excluding hydrogens is 404 g/mol. The molecule has 0 aliphatic carbocycles. The van der Waals surface area contributed by atoms with E-state index in [1.807, 2.05) is 48.5 Å². The number of nitrogens with zero attached hydrogens (tertiary/aromatic N) is 1. The highest BCUT2D eigenvalue weighted by molar-refractivity contribution is 5.93. The number of hydrogen-bond acceptors (Lipinski definition) is 5. The molecule has 1 amide bonds. The Kier molecular flexibility index (Phi) is 5.60. The highest BCUT2D eigenvalue weighted by Gasteiger charge is 2.26. The van der Waals surface area contributed by atoms with Crippen molar-refractivity contribution in [3.05, 3.63) is 89.0 Å². The minimum Gasteiger partial charge on any atom is -0.464 e. The first-order valence-corrected chi connectivity index (χ1v) is 10.8. The van der Waals surface area contributed by atoms with Crippen molar-refractivity contribution >= 4 is 22.6 Å². The molecule has 1 aliphatic heterocycles. The number of furan rings is 1. The number of fused-ring (bicyclic) bond motifs is 1. The van der Waals surface area contributed by atoms with Crippen LogP contribution in [0.1, 0.15) is 18.4 Å². The molecule has 1 unspecified atom stereocenters. The molecule has 3 heterocycles. The lowest BCUT2D eigenvalue weighted by Crippen LogP contribution is -2.41. The molecule has 1 aliphatic rings. The summed E-state index contributed by atoms with van der Waals surface area (Å²) in [5, 5.41) is 3.62. The van der Waals surface area contributed by atoms with Crippen LogP contribution in [0.3, 0.4) is 0 Å². The summed E-state index contributed by atoms with van der Waals surface area (Å²) in [6, 6.07) is 18.7. The molecule has 0 radical (unpaired) electrons. The predicted octanol–water partition coefficient (Wildman–Crippen LogP) is 4.90. The maximum Gasteiger partial charge on any atom is 0.228 e. The van der Waals surface area contributed by atoms with E-state index in [9.17, 15) is 9.59 Å². The fraction of sp³-hybridized carbons (Fsp3) is 0.231. The van der Waals surface area contributed by atoms with E-state index in [0.717, 1.165) is 36.4 Å². The second-order valence-corrected chi connectivity index (χ2v) is 8.20. The number of carbonyl (C=O) groups excluding carboxylic acids is 1. The SMILES string of the molecule is O=C(Nc1ccc(-c2ccco2)cc1)C1CCCN(Cc2coc3ccccc3c2=O)C1. The minimum atomic E-state index is -0.124. The fourth-order valence-corrected chi connectivity index (χ4v) is 4.29. The van der Waals surface area contributed by atoms with Crippen LogP contribution in [0.4, 0.5) is 5.69 Å². The van der Waals surface area contributed by atoms with E-state index in [4.69, 9.17) is 8.83 Å². The van der Waals surface area contributed by atoms with Crippen LogP contribution >= 0.6 is 0 Å². The predicted molar refractivity (Wildman–Crippen MR) is 123 cm³/mol. The standard InChI is InChI=1S/C26H24N2O4/c29-25-20(17-32-24-7-2-1-6-22(24)25)16-28-13-3-5-19(15-28)26(30)27-21-11-9-18(10-12-21)23-8-4-14-31-23/h1-2,4,6-12,14,17,19H,3,5,13,15-16H2,(H,27,30). The molecule has 2 aromatic carbocycles. The number of carbonyl (C=O) groups is 1. The number of nitrogens with one attached hydrogen (secondary N) is 1. The zero-order valence-electron chi connectivity index (χ0n) is 17.6. The molecule has 162 valence electrons. The second-order valence-electron chi connectivity index (χ2n) is 8.20. The third-order valence-electron chi connectivity index (χ3n) is 5.98. The number of anilines is 1. The van der Waals surface area contributed by atoms with Gasteiger partial charge in [-0.15, -0.1) is 0 Å². The van der Waals surface area contributed by atoms with E-state index < -0.39 is 0 Å². The molecule has 6 nitrogen and oxygen atoms in total. The largest absolute Gasteiger partial charge is 0.464 e. The topological polar surface area (TPSA) is 75.7 Å². The Bertz CT molecular complexity index is 1280. The Hall–Kier alpha value is -3.64. The van der Waals surface area contributed by atoms with Crippen LogP contribution in [0.15, 0.2) is 86.8 Å². The number of benzene rings is 2. The van der Waals surface area contributed by atoms with Gasteiger partial charge in [0.15, 0.2) is 5.43 Å². The maximum absolute atomic E-state index is 12.9. The van der Waals surface area contributed by atoms with Gasteiger partial charge in [-0.3, -0.25) is 14.5 Å². The number of para-hydroxylation sites is 1. The highest BCUT2D eigenvalue weighted by Crippen LogP contribution is 2.24. The Morgan fingerprint density at radius 3 is 2.69 bits per heavy atom. The van der Waals surface area contributed by atoms with Crippen molar-refractivity contribution in [2.45, 2.75) is 19.4 Å². The molecule has 1 saturated heterocycles. The Morgan fingerprint density at radius 2 is 1.88 bits per heavy atom. The van der Waals surface area contributed by atoms with Gasteiger partial charge in [0, 0.05) is 29.9 Å². The van der Waals surface area contributed by atoms with Crippen molar-refractivity contribution in [2.75, 3.05) is 18.4 Å². The number of likely N-dealkylation sites (tertiary alicyclic amines) is 1. The van der Waals surface area contributed by atoms with Crippen molar-refractivity contribution in [2.24, 2.45) is 5.92 Å². The van der Waals surface area contributed by atoms with Gasteiger partial charge in [0.2, 0.25) is 5.91 Å². The number of amides is 1. The lowest BCUT2D eigenvalue weighted by Gasteiger charge is -2.31.